The van der Waals surface area contributed by atoms with E-state index in [0.717, 1.165) is 28.9 Å². The van der Waals surface area contributed by atoms with Crippen molar-refractivity contribution in [3.63, 3.8) is 0 Å². The average Bonchev–Trinajstić information content (AvgIpc) is 2.97. The quantitative estimate of drug-likeness (QED) is 0.493. The molecule has 1 aromatic heterocycles. The standard InChI is InChI=1S/C22H23ClN4O/c1-4-17-9-11-18(12-10-17)22(28)25-24-13-20-15(2)26-27(16(20)3)14-19-7-5-6-8-21(19)23/h5-13H,4,14H2,1-3H3,(H,25,28)/b24-13-. The van der Waals surface area contributed by atoms with E-state index in [-0.39, 0.29) is 5.91 Å². The summed E-state index contributed by atoms with van der Waals surface area (Å²) in [7, 11) is 0. The van der Waals surface area contributed by atoms with Gasteiger partial charge in [-0.3, -0.25) is 9.48 Å². The molecule has 28 heavy (non-hydrogen) atoms. The van der Waals surface area contributed by atoms with Crippen LogP contribution in [-0.2, 0) is 13.0 Å². The maximum absolute atomic E-state index is 12.2. The van der Waals surface area contributed by atoms with Crippen LogP contribution in [0.2, 0.25) is 5.02 Å². The Morgan fingerprint density at radius 2 is 1.89 bits per heavy atom. The van der Waals surface area contributed by atoms with Gasteiger partial charge >= 0.3 is 0 Å². The molecule has 0 aliphatic rings. The maximum Gasteiger partial charge on any atom is 0.271 e. The molecule has 0 aliphatic heterocycles. The molecule has 2 aromatic carbocycles. The Balaban J connectivity index is 1.70. The van der Waals surface area contributed by atoms with E-state index in [4.69, 9.17) is 11.6 Å². The monoisotopic (exact) mass is 394 g/mol. The molecule has 0 radical (unpaired) electrons. The molecular weight excluding hydrogens is 372 g/mol. The van der Waals surface area contributed by atoms with E-state index < -0.39 is 0 Å². The van der Waals surface area contributed by atoms with Gasteiger partial charge in [-0.25, -0.2) is 5.43 Å². The van der Waals surface area contributed by atoms with Crippen molar-refractivity contribution in [3.8, 4) is 0 Å². The van der Waals surface area contributed by atoms with Gasteiger partial charge in [0.05, 0.1) is 18.5 Å². The van der Waals surface area contributed by atoms with Gasteiger partial charge in [0.2, 0.25) is 0 Å². The minimum absolute atomic E-state index is 0.238. The molecule has 1 N–H and O–H groups in total. The molecule has 0 unspecified atom stereocenters. The van der Waals surface area contributed by atoms with Crippen molar-refractivity contribution in [1.82, 2.24) is 15.2 Å². The number of nitrogens with one attached hydrogen (secondary N) is 1. The molecular formula is C22H23ClN4O. The first-order valence-corrected chi connectivity index (χ1v) is 9.57. The molecule has 0 saturated heterocycles. The normalized spacial score (nSPS) is 11.1. The summed E-state index contributed by atoms with van der Waals surface area (Å²) in [6, 6.07) is 15.2. The first-order chi connectivity index (χ1) is 13.5. The van der Waals surface area contributed by atoms with Gasteiger partial charge in [-0.1, -0.05) is 48.9 Å². The summed E-state index contributed by atoms with van der Waals surface area (Å²) in [5, 5.41) is 9.41. The SMILES string of the molecule is CCc1ccc(C(=O)N/N=C\c2c(C)nn(Cc3ccccc3Cl)c2C)cc1. The van der Waals surface area contributed by atoms with Crippen molar-refractivity contribution in [2.75, 3.05) is 0 Å². The van der Waals surface area contributed by atoms with E-state index >= 15 is 0 Å². The zero-order valence-electron chi connectivity index (χ0n) is 16.2. The van der Waals surface area contributed by atoms with Crippen LogP contribution in [0.15, 0.2) is 53.6 Å². The van der Waals surface area contributed by atoms with Gasteiger partial charge in [-0.2, -0.15) is 10.2 Å². The highest BCUT2D eigenvalue weighted by Gasteiger charge is 2.11. The second-order valence-electron chi connectivity index (χ2n) is 6.58. The fraction of sp³-hybridized carbons (Fsp3) is 0.227. The van der Waals surface area contributed by atoms with Crippen molar-refractivity contribution in [1.29, 1.82) is 0 Å². The number of hydrogen-bond acceptors (Lipinski definition) is 3. The van der Waals surface area contributed by atoms with Crippen molar-refractivity contribution >= 4 is 23.7 Å². The lowest BCUT2D eigenvalue weighted by atomic mass is 10.1. The molecule has 0 atom stereocenters. The van der Waals surface area contributed by atoms with Crippen LogP contribution in [-0.4, -0.2) is 21.9 Å². The van der Waals surface area contributed by atoms with Crippen LogP contribution in [0.5, 0.6) is 0 Å². The van der Waals surface area contributed by atoms with Gasteiger partial charge in [-0.05, 0) is 49.6 Å². The molecule has 0 aliphatic carbocycles. The number of hydrogen-bond donors (Lipinski definition) is 1. The van der Waals surface area contributed by atoms with Crippen LogP contribution in [0.4, 0.5) is 0 Å². The predicted octanol–water partition coefficient (Wildman–Crippen LogP) is 4.53. The van der Waals surface area contributed by atoms with Crippen LogP contribution >= 0.6 is 11.6 Å². The summed E-state index contributed by atoms with van der Waals surface area (Å²) in [5.74, 6) is -0.238. The molecule has 0 spiro atoms. The Bertz CT molecular complexity index is 1010. The first-order valence-electron chi connectivity index (χ1n) is 9.19. The number of aromatic nitrogens is 2. The lowest BCUT2D eigenvalue weighted by molar-refractivity contribution is 0.0955. The molecule has 1 amide bonds. The number of aryl methyl sites for hydroxylation is 2. The summed E-state index contributed by atoms with van der Waals surface area (Å²) >= 11 is 6.25. The predicted molar refractivity (Wildman–Crippen MR) is 113 cm³/mol. The minimum atomic E-state index is -0.238. The summed E-state index contributed by atoms with van der Waals surface area (Å²) in [6.45, 7) is 6.55. The Morgan fingerprint density at radius 3 is 2.57 bits per heavy atom. The van der Waals surface area contributed by atoms with E-state index in [9.17, 15) is 4.79 Å². The number of nitrogens with zero attached hydrogens (tertiary/aromatic N) is 3. The fourth-order valence-corrected chi connectivity index (χ4v) is 3.15. The van der Waals surface area contributed by atoms with Gasteiger partial charge in [-0.15, -0.1) is 0 Å². The number of amides is 1. The fourth-order valence-electron chi connectivity index (χ4n) is 2.95. The summed E-state index contributed by atoms with van der Waals surface area (Å²) in [4.78, 5) is 12.2. The van der Waals surface area contributed by atoms with Crippen LogP contribution in [0.25, 0.3) is 0 Å². The third-order valence-corrected chi connectivity index (χ3v) is 5.07. The largest absolute Gasteiger partial charge is 0.271 e. The number of halogens is 1. The van der Waals surface area contributed by atoms with Crippen molar-refractivity contribution in [2.45, 2.75) is 33.7 Å². The van der Waals surface area contributed by atoms with Crippen molar-refractivity contribution in [2.24, 2.45) is 5.10 Å². The molecule has 144 valence electrons. The third kappa shape index (κ3) is 4.49. The average molecular weight is 395 g/mol. The number of hydrazone groups is 1. The van der Waals surface area contributed by atoms with Crippen LogP contribution in [0.1, 0.15) is 45.4 Å². The van der Waals surface area contributed by atoms with E-state index in [0.29, 0.717) is 17.1 Å². The smallest absolute Gasteiger partial charge is 0.267 e. The van der Waals surface area contributed by atoms with Gasteiger partial charge < -0.3 is 0 Å². The van der Waals surface area contributed by atoms with E-state index in [1.807, 2.05) is 67.1 Å². The Labute approximate surface area is 170 Å². The highest BCUT2D eigenvalue weighted by atomic mass is 35.5. The zero-order valence-corrected chi connectivity index (χ0v) is 17.0. The maximum atomic E-state index is 12.2. The van der Waals surface area contributed by atoms with Gasteiger partial charge in [0, 0.05) is 21.8 Å². The van der Waals surface area contributed by atoms with Crippen LogP contribution < -0.4 is 5.43 Å². The number of carbonyl (C=O) groups is 1. The second-order valence-corrected chi connectivity index (χ2v) is 6.99. The molecule has 0 bridgehead atoms. The topological polar surface area (TPSA) is 59.3 Å². The molecule has 0 saturated carbocycles. The summed E-state index contributed by atoms with van der Waals surface area (Å²) in [5.41, 5.74) is 8.04. The first kappa shape index (κ1) is 19.8. The lowest BCUT2D eigenvalue weighted by Crippen LogP contribution is -2.17. The highest BCUT2D eigenvalue weighted by molar-refractivity contribution is 6.31. The Kier molecular flexibility index (Phi) is 6.26. The zero-order chi connectivity index (χ0) is 20.1. The van der Waals surface area contributed by atoms with Crippen molar-refractivity contribution in [3.05, 3.63) is 87.2 Å². The molecule has 0 fully saturated rings. The lowest BCUT2D eigenvalue weighted by Gasteiger charge is -2.06. The van der Waals surface area contributed by atoms with E-state index in [2.05, 4.69) is 22.5 Å². The van der Waals surface area contributed by atoms with Crippen LogP contribution in [0, 0.1) is 13.8 Å². The number of carbonyl (C=O) groups excluding carboxylic acids is 1. The van der Waals surface area contributed by atoms with E-state index in [1.165, 1.54) is 5.56 Å². The molecule has 6 heteroatoms. The number of rotatable bonds is 6. The Hall–Kier alpha value is -2.92. The highest BCUT2D eigenvalue weighted by Crippen LogP contribution is 2.18. The van der Waals surface area contributed by atoms with Crippen LogP contribution in [0.3, 0.4) is 0 Å². The molecule has 3 rings (SSSR count). The minimum Gasteiger partial charge on any atom is -0.267 e. The molecule has 3 aromatic rings. The Morgan fingerprint density at radius 1 is 1.18 bits per heavy atom. The van der Waals surface area contributed by atoms with Gasteiger partial charge in [0.15, 0.2) is 0 Å². The van der Waals surface area contributed by atoms with Gasteiger partial charge in [0.1, 0.15) is 0 Å². The molecule has 1 heterocycles. The van der Waals surface area contributed by atoms with E-state index in [1.54, 1.807) is 6.21 Å². The molecule has 5 nitrogen and oxygen atoms in total. The van der Waals surface area contributed by atoms with Crippen molar-refractivity contribution < 1.29 is 4.79 Å². The van der Waals surface area contributed by atoms with Gasteiger partial charge in [0.25, 0.3) is 5.91 Å². The number of benzene rings is 2. The summed E-state index contributed by atoms with van der Waals surface area (Å²) in [6.07, 6.45) is 2.58. The summed E-state index contributed by atoms with van der Waals surface area (Å²) < 4.78 is 1.89. The third-order valence-electron chi connectivity index (χ3n) is 4.70. The second kappa shape index (κ2) is 8.85.